The van der Waals surface area contributed by atoms with Gasteiger partial charge in [-0.25, -0.2) is 0 Å². The summed E-state index contributed by atoms with van der Waals surface area (Å²) in [6, 6.07) is 0. The maximum absolute atomic E-state index is 7.93. The van der Waals surface area contributed by atoms with Crippen LogP contribution in [0, 0.1) is 0 Å². The zero-order chi connectivity index (χ0) is 7.70. The summed E-state index contributed by atoms with van der Waals surface area (Å²) >= 11 is 0. The lowest BCUT2D eigenvalue weighted by Crippen LogP contribution is -2.09. The number of hydrogen-bond acceptors (Lipinski definition) is 2. The minimum absolute atomic E-state index is 0.308. The van der Waals surface area contributed by atoms with Gasteiger partial charge in [-0.2, -0.15) is 0 Å². The maximum Gasteiger partial charge on any atom is 0.139 e. The highest BCUT2D eigenvalue weighted by molar-refractivity contribution is 5.79. The van der Waals surface area contributed by atoms with Gasteiger partial charge in [0.2, 0.25) is 0 Å². The highest BCUT2D eigenvalue weighted by Crippen LogP contribution is 1.83. The topological polar surface area (TPSA) is 58.6 Å². The second-order valence-electron chi connectivity index (χ2n) is 1.34. The lowest BCUT2D eigenvalue weighted by molar-refractivity contribution is 0.317. The second kappa shape index (κ2) is 10.3. The molecule has 0 amide bonds. The van der Waals surface area contributed by atoms with Crippen molar-refractivity contribution >= 4 is 5.84 Å². The van der Waals surface area contributed by atoms with E-state index in [1.807, 2.05) is 20.8 Å². The molecule has 9 heavy (non-hydrogen) atoms. The molecular weight excluding hydrogens is 116 g/mol. The molecule has 0 atom stereocenters. The summed E-state index contributed by atoms with van der Waals surface area (Å²) in [5, 5.41) is 10.7. The van der Waals surface area contributed by atoms with Gasteiger partial charge in [-0.1, -0.05) is 25.9 Å². The molecule has 0 aliphatic heterocycles. The lowest BCUT2D eigenvalue weighted by atomic mass is 10.3. The van der Waals surface area contributed by atoms with Crippen molar-refractivity contribution in [2.45, 2.75) is 33.6 Å². The fourth-order valence-electron chi connectivity index (χ4n) is 0.306. The fraction of sp³-hybridized carbons (Fsp3) is 0.833. The van der Waals surface area contributed by atoms with E-state index in [0.29, 0.717) is 12.3 Å². The Morgan fingerprint density at radius 3 is 2.11 bits per heavy atom. The van der Waals surface area contributed by atoms with Gasteiger partial charge in [0, 0.05) is 6.42 Å². The Hall–Kier alpha value is -0.730. The van der Waals surface area contributed by atoms with E-state index in [-0.39, 0.29) is 0 Å². The van der Waals surface area contributed by atoms with Crippen LogP contribution in [0.15, 0.2) is 5.16 Å². The molecule has 0 fully saturated rings. The van der Waals surface area contributed by atoms with Crippen molar-refractivity contribution < 1.29 is 5.21 Å². The van der Waals surface area contributed by atoms with Crippen molar-refractivity contribution in [3.63, 3.8) is 0 Å². The number of nitrogens with two attached hydrogens (primary N) is 1. The number of rotatable bonds is 2. The van der Waals surface area contributed by atoms with E-state index in [0.717, 1.165) is 6.42 Å². The second-order valence-corrected chi connectivity index (χ2v) is 1.34. The molecule has 0 aromatic heterocycles. The predicted molar refractivity (Wildman–Crippen MR) is 39.7 cm³/mol. The summed E-state index contributed by atoms with van der Waals surface area (Å²) in [5.41, 5.74) is 5.08. The third kappa shape index (κ3) is 11.1. The van der Waals surface area contributed by atoms with Crippen LogP contribution in [0.5, 0.6) is 0 Å². The molecule has 0 spiro atoms. The van der Waals surface area contributed by atoms with Crippen LogP contribution in [0.3, 0.4) is 0 Å². The molecule has 3 N–H and O–H groups in total. The number of oxime groups is 1. The van der Waals surface area contributed by atoms with Gasteiger partial charge in [-0.15, -0.1) is 0 Å². The Kier molecular flexibility index (Phi) is 12.7. The van der Waals surface area contributed by atoms with Crippen LogP contribution >= 0.6 is 0 Å². The molecular formula is C6H16N2O. The summed E-state index contributed by atoms with van der Waals surface area (Å²) in [5.74, 6) is 0.308. The molecule has 56 valence electrons. The van der Waals surface area contributed by atoms with Crippen LogP contribution in [0.4, 0.5) is 0 Å². The molecule has 0 aliphatic carbocycles. The molecule has 0 saturated carbocycles. The molecule has 0 heterocycles. The van der Waals surface area contributed by atoms with Crippen molar-refractivity contribution in [1.82, 2.24) is 0 Å². The standard InChI is InChI=1S/C4H10N2O.C2H6/c1-2-3-4(5)6-7;1-2/h7H,2-3H2,1H3,(H2,5,6);1-2H3. The largest absolute Gasteiger partial charge is 0.409 e. The first-order valence-electron chi connectivity index (χ1n) is 3.27. The first-order valence-corrected chi connectivity index (χ1v) is 3.27. The maximum atomic E-state index is 7.93. The average molecular weight is 132 g/mol. The van der Waals surface area contributed by atoms with E-state index in [2.05, 4.69) is 5.16 Å². The van der Waals surface area contributed by atoms with Crippen molar-refractivity contribution in [2.24, 2.45) is 10.9 Å². The summed E-state index contributed by atoms with van der Waals surface area (Å²) in [6.45, 7) is 5.97. The predicted octanol–water partition coefficient (Wildman–Crippen LogP) is 1.56. The normalized spacial score (nSPS) is 9.89. The van der Waals surface area contributed by atoms with Gasteiger partial charge in [0.25, 0.3) is 0 Å². The van der Waals surface area contributed by atoms with Gasteiger partial charge in [-0.3, -0.25) is 0 Å². The van der Waals surface area contributed by atoms with Gasteiger partial charge < -0.3 is 10.9 Å². The van der Waals surface area contributed by atoms with E-state index >= 15 is 0 Å². The van der Waals surface area contributed by atoms with Gasteiger partial charge in [-0.05, 0) is 6.42 Å². The Labute approximate surface area is 56.6 Å². The Bertz CT molecular complexity index is 71.5. The minimum atomic E-state index is 0.308. The third-order valence-corrected chi connectivity index (χ3v) is 0.635. The first-order chi connectivity index (χ1) is 4.31. The van der Waals surface area contributed by atoms with Gasteiger partial charge in [0.15, 0.2) is 0 Å². The fourth-order valence-corrected chi connectivity index (χ4v) is 0.306. The molecule has 0 radical (unpaired) electrons. The minimum Gasteiger partial charge on any atom is -0.409 e. The molecule has 0 aromatic rings. The highest BCUT2D eigenvalue weighted by Gasteiger charge is 1.84. The van der Waals surface area contributed by atoms with Crippen LogP contribution in [0.1, 0.15) is 33.6 Å². The van der Waals surface area contributed by atoms with Crippen LogP contribution < -0.4 is 5.73 Å². The highest BCUT2D eigenvalue weighted by atomic mass is 16.4. The van der Waals surface area contributed by atoms with Crippen molar-refractivity contribution in [1.29, 1.82) is 0 Å². The number of amidine groups is 1. The van der Waals surface area contributed by atoms with Crippen molar-refractivity contribution in [3.05, 3.63) is 0 Å². The number of hydrogen-bond donors (Lipinski definition) is 2. The molecule has 0 aliphatic rings. The van der Waals surface area contributed by atoms with Crippen molar-refractivity contribution in [2.75, 3.05) is 0 Å². The zero-order valence-corrected chi connectivity index (χ0v) is 6.39. The van der Waals surface area contributed by atoms with E-state index in [9.17, 15) is 0 Å². The van der Waals surface area contributed by atoms with E-state index in [1.54, 1.807) is 0 Å². The number of nitrogens with zero attached hydrogens (tertiary/aromatic N) is 1. The quantitative estimate of drug-likeness (QED) is 0.259. The van der Waals surface area contributed by atoms with E-state index < -0.39 is 0 Å². The average Bonchev–Trinajstić information content (AvgIpc) is 1.93. The van der Waals surface area contributed by atoms with Gasteiger partial charge >= 0.3 is 0 Å². The summed E-state index contributed by atoms with van der Waals surface area (Å²) in [7, 11) is 0. The Morgan fingerprint density at radius 2 is 2.00 bits per heavy atom. The molecule has 0 bridgehead atoms. The van der Waals surface area contributed by atoms with Crippen LogP contribution in [-0.4, -0.2) is 11.0 Å². The van der Waals surface area contributed by atoms with Crippen LogP contribution in [-0.2, 0) is 0 Å². The third-order valence-electron chi connectivity index (χ3n) is 0.635. The Balaban J connectivity index is 0. The molecule has 0 unspecified atom stereocenters. The molecule has 3 heteroatoms. The molecule has 0 saturated heterocycles. The van der Waals surface area contributed by atoms with Gasteiger partial charge in [0.1, 0.15) is 5.84 Å². The first kappa shape index (κ1) is 11.1. The summed E-state index contributed by atoms with van der Waals surface area (Å²) in [4.78, 5) is 0. The lowest BCUT2D eigenvalue weighted by Gasteiger charge is -1.88. The zero-order valence-electron chi connectivity index (χ0n) is 6.39. The van der Waals surface area contributed by atoms with E-state index in [1.165, 1.54) is 0 Å². The summed E-state index contributed by atoms with van der Waals surface area (Å²) in [6.07, 6.45) is 1.60. The molecule has 3 nitrogen and oxygen atoms in total. The van der Waals surface area contributed by atoms with E-state index in [4.69, 9.17) is 10.9 Å². The van der Waals surface area contributed by atoms with Crippen LogP contribution in [0.2, 0.25) is 0 Å². The summed E-state index contributed by atoms with van der Waals surface area (Å²) < 4.78 is 0. The SMILES string of the molecule is CC.CCC/C(N)=N/O. The smallest absolute Gasteiger partial charge is 0.139 e. The molecule has 0 rings (SSSR count). The molecule has 0 aromatic carbocycles. The van der Waals surface area contributed by atoms with Crippen molar-refractivity contribution in [3.8, 4) is 0 Å². The van der Waals surface area contributed by atoms with Crippen LogP contribution in [0.25, 0.3) is 0 Å². The monoisotopic (exact) mass is 132 g/mol. The Morgan fingerprint density at radius 1 is 1.56 bits per heavy atom. The van der Waals surface area contributed by atoms with Gasteiger partial charge in [0.05, 0.1) is 0 Å².